The first-order chi connectivity index (χ1) is 15.9. The summed E-state index contributed by atoms with van der Waals surface area (Å²) >= 11 is 0. The van der Waals surface area contributed by atoms with Crippen molar-refractivity contribution in [3.63, 3.8) is 0 Å². The van der Waals surface area contributed by atoms with Crippen molar-refractivity contribution >= 4 is 38.2 Å². The van der Waals surface area contributed by atoms with Crippen molar-refractivity contribution in [1.29, 1.82) is 0 Å². The summed E-state index contributed by atoms with van der Waals surface area (Å²) in [6, 6.07) is 19.4. The lowest BCUT2D eigenvalue weighted by Crippen LogP contribution is -2.16. The van der Waals surface area contributed by atoms with Gasteiger partial charge in [-0.1, -0.05) is 24.3 Å². The summed E-state index contributed by atoms with van der Waals surface area (Å²) in [5.74, 6) is 0.446. The highest BCUT2D eigenvalue weighted by Gasteiger charge is 2.18. The van der Waals surface area contributed by atoms with Crippen molar-refractivity contribution in [3.8, 4) is 5.75 Å². The molecule has 0 radical (unpaired) electrons. The van der Waals surface area contributed by atoms with Crippen LogP contribution in [0.15, 0.2) is 77.8 Å². The molecule has 0 saturated carbocycles. The molecule has 0 spiro atoms. The molecule has 0 unspecified atom stereocenters. The molecule has 1 aromatic heterocycles. The molecular formula is C25H25N3O4S. The van der Waals surface area contributed by atoms with Crippen LogP contribution in [0.25, 0.3) is 10.9 Å². The van der Waals surface area contributed by atoms with Gasteiger partial charge in [0.15, 0.2) is 0 Å². The van der Waals surface area contributed by atoms with Crippen LogP contribution in [-0.2, 0) is 21.2 Å². The molecule has 0 aliphatic rings. The first-order valence-corrected chi connectivity index (χ1v) is 12.0. The van der Waals surface area contributed by atoms with Crippen LogP contribution >= 0.6 is 0 Å². The average Bonchev–Trinajstić information content (AvgIpc) is 3.22. The maximum atomic E-state index is 13.0. The number of hydrogen-bond acceptors (Lipinski definition) is 4. The number of aromatic nitrogens is 1. The molecule has 8 heteroatoms. The minimum atomic E-state index is -3.84. The Morgan fingerprint density at radius 2 is 1.73 bits per heavy atom. The topological polar surface area (TPSA) is 100 Å². The van der Waals surface area contributed by atoms with E-state index >= 15 is 0 Å². The number of H-pyrrole nitrogens is 1. The normalized spacial score (nSPS) is 11.3. The summed E-state index contributed by atoms with van der Waals surface area (Å²) in [7, 11) is -2.30. The maximum Gasteiger partial charge on any atom is 0.262 e. The number of methoxy groups -OCH3 is 1. The van der Waals surface area contributed by atoms with E-state index in [9.17, 15) is 13.2 Å². The monoisotopic (exact) mass is 463 g/mol. The molecule has 3 aromatic carbocycles. The Morgan fingerprint density at radius 1 is 1.00 bits per heavy atom. The van der Waals surface area contributed by atoms with Gasteiger partial charge in [-0.25, -0.2) is 8.42 Å². The third kappa shape index (κ3) is 5.18. The molecular weight excluding hydrogens is 438 g/mol. The smallest absolute Gasteiger partial charge is 0.262 e. The molecule has 0 saturated heterocycles. The van der Waals surface area contributed by atoms with Crippen molar-refractivity contribution in [2.24, 2.45) is 0 Å². The van der Waals surface area contributed by atoms with Gasteiger partial charge < -0.3 is 15.0 Å². The van der Waals surface area contributed by atoms with Gasteiger partial charge in [0.05, 0.1) is 12.0 Å². The molecule has 33 heavy (non-hydrogen) atoms. The van der Waals surface area contributed by atoms with E-state index in [0.29, 0.717) is 29.1 Å². The molecule has 3 N–H and O–H groups in total. The Hall–Kier alpha value is -3.78. The Balaban J connectivity index is 1.45. The number of nitrogens with one attached hydrogen (secondary N) is 3. The molecule has 0 bridgehead atoms. The lowest BCUT2D eigenvalue weighted by Gasteiger charge is -2.13. The van der Waals surface area contributed by atoms with Gasteiger partial charge in [0.2, 0.25) is 5.91 Å². The van der Waals surface area contributed by atoms with Gasteiger partial charge >= 0.3 is 0 Å². The van der Waals surface area contributed by atoms with Gasteiger partial charge in [0.25, 0.3) is 10.0 Å². The maximum absolute atomic E-state index is 13.0. The van der Waals surface area contributed by atoms with Crippen molar-refractivity contribution in [1.82, 2.24) is 4.98 Å². The van der Waals surface area contributed by atoms with Crippen molar-refractivity contribution < 1.29 is 17.9 Å². The van der Waals surface area contributed by atoms with Crippen LogP contribution in [-0.4, -0.2) is 26.4 Å². The van der Waals surface area contributed by atoms with E-state index < -0.39 is 10.0 Å². The number of aromatic amines is 1. The summed E-state index contributed by atoms with van der Waals surface area (Å²) in [6.45, 7) is 1.71. The van der Waals surface area contributed by atoms with Gasteiger partial charge in [0.1, 0.15) is 5.75 Å². The number of para-hydroxylation sites is 1. The number of aryl methyl sites for hydroxylation is 2. The largest absolute Gasteiger partial charge is 0.497 e. The second kappa shape index (κ2) is 9.38. The molecule has 0 aliphatic heterocycles. The summed E-state index contributed by atoms with van der Waals surface area (Å²) in [5, 5.41) is 3.91. The minimum Gasteiger partial charge on any atom is -0.497 e. The van der Waals surface area contributed by atoms with Crippen LogP contribution in [0.5, 0.6) is 5.75 Å². The lowest BCUT2D eigenvalue weighted by molar-refractivity contribution is -0.116. The zero-order valence-electron chi connectivity index (χ0n) is 18.4. The fourth-order valence-corrected chi connectivity index (χ4v) is 4.98. The second-order valence-corrected chi connectivity index (χ2v) is 9.37. The predicted octanol–water partition coefficient (Wildman–Crippen LogP) is 4.86. The molecule has 4 rings (SSSR count). The first kappa shape index (κ1) is 22.4. The summed E-state index contributed by atoms with van der Waals surface area (Å²) in [6.07, 6.45) is 2.77. The number of hydrogen-bond donors (Lipinski definition) is 3. The van der Waals surface area contributed by atoms with Crippen LogP contribution in [0, 0.1) is 6.92 Å². The third-order valence-electron chi connectivity index (χ3n) is 5.40. The van der Waals surface area contributed by atoms with E-state index in [1.54, 1.807) is 50.4 Å². The molecule has 170 valence electrons. The number of anilines is 2. The number of fused-ring (bicyclic) bond motifs is 1. The minimum absolute atomic E-state index is 0.104. The molecule has 7 nitrogen and oxygen atoms in total. The fraction of sp³-hybridized carbons (Fsp3) is 0.160. The van der Waals surface area contributed by atoms with Crippen LogP contribution in [0.4, 0.5) is 11.4 Å². The molecule has 0 fully saturated rings. The number of sulfonamides is 1. The van der Waals surface area contributed by atoms with E-state index in [0.717, 1.165) is 16.5 Å². The van der Waals surface area contributed by atoms with Crippen LogP contribution in [0.3, 0.4) is 0 Å². The Morgan fingerprint density at radius 3 is 2.48 bits per heavy atom. The Labute approximate surface area is 192 Å². The number of carbonyl (C=O) groups excluding carboxylic acids is 1. The van der Waals surface area contributed by atoms with Crippen LogP contribution < -0.4 is 14.8 Å². The van der Waals surface area contributed by atoms with Gasteiger partial charge in [0, 0.05) is 34.9 Å². The molecule has 0 aliphatic carbocycles. The van der Waals surface area contributed by atoms with Crippen LogP contribution in [0.1, 0.15) is 17.5 Å². The van der Waals surface area contributed by atoms with Crippen LogP contribution in [0.2, 0.25) is 0 Å². The molecule has 1 amide bonds. The Kier molecular flexibility index (Phi) is 6.37. The lowest BCUT2D eigenvalue weighted by atomic mass is 10.1. The van der Waals surface area contributed by atoms with E-state index in [1.807, 2.05) is 30.5 Å². The zero-order chi connectivity index (χ0) is 23.4. The van der Waals surface area contributed by atoms with Gasteiger partial charge in [-0.2, -0.15) is 0 Å². The van der Waals surface area contributed by atoms with Gasteiger partial charge in [-0.15, -0.1) is 0 Å². The van der Waals surface area contributed by atoms with E-state index in [4.69, 9.17) is 4.74 Å². The number of amides is 1. The van der Waals surface area contributed by atoms with E-state index in [1.165, 1.54) is 6.07 Å². The number of ether oxygens (including phenoxy) is 1. The third-order valence-corrected chi connectivity index (χ3v) is 6.92. The second-order valence-electron chi connectivity index (χ2n) is 7.72. The highest BCUT2D eigenvalue weighted by Crippen LogP contribution is 2.25. The summed E-state index contributed by atoms with van der Waals surface area (Å²) in [4.78, 5) is 15.9. The molecule has 4 aromatic rings. The number of rotatable bonds is 8. The molecule has 1 heterocycles. The van der Waals surface area contributed by atoms with Gasteiger partial charge in [-0.3, -0.25) is 9.52 Å². The number of carbonyl (C=O) groups is 1. The zero-order valence-corrected chi connectivity index (χ0v) is 19.2. The van der Waals surface area contributed by atoms with Crippen molar-refractivity contribution in [3.05, 3.63) is 84.1 Å². The highest BCUT2D eigenvalue weighted by atomic mass is 32.2. The number of benzene rings is 3. The SMILES string of the molecule is COc1ccc(NS(=O)(=O)c2cc(NC(=O)CCc3c[nH]c4ccccc34)ccc2C)cc1. The summed E-state index contributed by atoms with van der Waals surface area (Å²) in [5.41, 5.74) is 3.53. The first-order valence-electron chi connectivity index (χ1n) is 10.5. The average molecular weight is 464 g/mol. The predicted molar refractivity (Wildman–Crippen MR) is 130 cm³/mol. The van der Waals surface area contributed by atoms with E-state index in [2.05, 4.69) is 15.0 Å². The van der Waals surface area contributed by atoms with Crippen molar-refractivity contribution in [2.45, 2.75) is 24.7 Å². The summed E-state index contributed by atoms with van der Waals surface area (Å²) < 4.78 is 33.6. The quantitative estimate of drug-likeness (QED) is 0.347. The standard InChI is InChI=1S/C25H25N3O4S/c1-17-7-9-20(15-24(17)33(30,31)28-19-10-12-21(32-2)13-11-19)27-25(29)14-8-18-16-26-23-6-4-3-5-22(18)23/h3-7,9-13,15-16,26,28H,8,14H2,1-2H3,(H,27,29). The van der Waals surface area contributed by atoms with E-state index in [-0.39, 0.29) is 17.2 Å². The highest BCUT2D eigenvalue weighted by molar-refractivity contribution is 7.92. The van der Waals surface area contributed by atoms with Gasteiger partial charge in [-0.05, 0) is 66.9 Å². The molecule has 0 atom stereocenters. The fourth-order valence-electron chi connectivity index (χ4n) is 3.65. The van der Waals surface area contributed by atoms with Crippen molar-refractivity contribution in [2.75, 3.05) is 17.1 Å². The Bertz CT molecular complexity index is 1390.